The molecule has 0 saturated heterocycles. The molecule has 1 amide bonds. The van der Waals surface area contributed by atoms with Gasteiger partial charge in [-0.25, -0.2) is 0 Å². The van der Waals surface area contributed by atoms with Gasteiger partial charge in [0.25, 0.3) is 0 Å². The van der Waals surface area contributed by atoms with Crippen LogP contribution in [-0.2, 0) is 14.3 Å². The van der Waals surface area contributed by atoms with Crippen LogP contribution in [0.4, 0.5) is 5.69 Å². The second-order valence-electron chi connectivity index (χ2n) is 8.56. The Kier molecular flexibility index (Phi) is 9.49. The highest BCUT2D eigenvalue weighted by molar-refractivity contribution is 6.31. The number of ether oxygens (including phenoxy) is 1. The molecule has 0 radical (unpaired) electrons. The van der Waals surface area contributed by atoms with Gasteiger partial charge in [0.05, 0.1) is 24.4 Å². The predicted molar refractivity (Wildman–Crippen MR) is 133 cm³/mol. The minimum atomic E-state index is -0.335. The van der Waals surface area contributed by atoms with Crippen LogP contribution in [0.15, 0.2) is 48.5 Å². The fraction of sp³-hybridized carbons (Fsp3) is 0.444. The van der Waals surface area contributed by atoms with Crippen molar-refractivity contribution < 1.29 is 14.3 Å². The highest BCUT2D eigenvalue weighted by atomic mass is 35.5. The zero-order valence-corrected chi connectivity index (χ0v) is 20.1. The summed E-state index contributed by atoms with van der Waals surface area (Å²) in [7, 11) is 0. The zero-order chi connectivity index (χ0) is 23.6. The Morgan fingerprint density at radius 2 is 1.76 bits per heavy atom. The van der Waals surface area contributed by atoms with Gasteiger partial charge in [-0.15, -0.1) is 0 Å². The predicted octanol–water partition coefficient (Wildman–Crippen LogP) is 6.40. The Labute approximate surface area is 201 Å². The minimum Gasteiger partial charge on any atom is -0.466 e. The van der Waals surface area contributed by atoms with Gasteiger partial charge < -0.3 is 9.64 Å². The van der Waals surface area contributed by atoms with Crippen LogP contribution < -0.4 is 4.90 Å². The number of carbonyl (C=O) groups excluding carboxylic acids is 2. The number of rotatable bonds is 9. The molecule has 0 heterocycles. The van der Waals surface area contributed by atoms with Crippen molar-refractivity contribution in [3.8, 4) is 0 Å². The summed E-state index contributed by atoms with van der Waals surface area (Å²) in [5, 5.41) is 9.32. The molecule has 6 heteroatoms. The Bertz CT molecular complexity index is 953. The van der Waals surface area contributed by atoms with Gasteiger partial charge in [-0.2, -0.15) is 0 Å². The van der Waals surface area contributed by atoms with Gasteiger partial charge in [-0.1, -0.05) is 67.6 Å². The first-order valence-electron chi connectivity index (χ1n) is 11.9. The van der Waals surface area contributed by atoms with Crippen molar-refractivity contribution in [2.45, 2.75) is 58.3 Å². The highest BCUT2D eigenvalue weighted by Gasteiger charge is 2.25. The quantitative estimate of drug-likeness (QED) is 0.263. The van der Waals surface area contributed by atoms with Crippen LogP contribution in [-0.4, -0.2) is 30.7 Å². The van der Waals surface area contributed by atoms with E-state index in [0.29, 0.717) is 35.2 Å². The maximum absolute atomic E-state index is 13.6. The van der Waals surface area contributed by atoms with Gasteiger partial charge >= 0.3 is 5.97 Å². The monoisotopic (exact) mass is 468 g/mol. The number of hydrogen-bond acceptors (Lipinski definition) is 4. The smallest absolute Gasteiger partial charge is 0.307 e. The first kappa shape index (κ1) is 25.0. The summed E-state index contributed by atoms with van der Waals surface area (Å²) in [5.74, 6) is 0.00321. The van der Waals surface area contributed by atoms with Crippen LogP contribution in [0.1, 0.15) is 69.4 Å². The molecule has 0 aliphatic heterocycles. The van der Waals surface area contributed by atoms with Crippen molar-refractivity contribution >= 4 is 34.9 Å². The molecule has 5 nitrogen and oxygen atoms in total. The molecule has 2 aromatic carbocycles. The fourth-order valence-corrected chi connectivity index (χ4v) is 4.62. The molecule has 2 aromatic rings. The molecule has 0 spiro atoms. The van der Waals surface area contributed by atoms with Gasteiger partial charge in [-0.05, 0) is 43.9 Å². The van der Waals surface area contributed by atoms with Crippen LogP contribution in [0, 0.1) is 11.3 Å². The number of anilines is 1. The molecule has 1 aliphatic rings. The summed E-state index contributed by atoms with van der Waals surface area (Å²) in [6.45, 7) is 2.28. The van der Waals surface area contributed by atoms with Gasteiger partial charge in [-0.3, -0.25) is 15.0 Å². The number of amides is 1. The lowest BCUT2D eigenvalue weighted by Gasteiger charge is -2.27. The lowest BCUT2D eigenvalue weighted by Crippen LogP contribution is -2.35. The Morgan fingerprint density at radius 3 is 2.42 bits per heavy atom. The van der Waals surface area contributed by atoms with Crippen molar-refractivity contribution in [3.05, 3.63) is 64.7 Å². The van der Waals surface area contributed by atoms with E-state index in [0.717, 1.165) is 31.2 Å². The molecule has 0 bridgehead atoms. The molecule has 0 aromatic heterocycles. The molecule has 1 N–H and O–H groups in total. The summed E-state index contributed by atoms with van der Waals surface area (Å²) in [4.78, 5) is 27.3. The minimum absolute atomic E-state index is 0.0179. The molecular formula is C27H33ClN2O3. The third kappa shape index (κ3) is 7.16. The van der Waals surface area contributed by atoms with Crippen LogP contribution in [0.25, 0.3) is 0 Å². The molecule has 1 aliphatic carbocycles. The maximum atomic E-state index is 13.6. The lowest BCUT2D eigenvalue weighted by molar-refractivity contribution is -0.142. The molecule has 176 valence electrons. The van der Waals surface area contributed by atoms with Crippen LogP contribution in [0.2, 0.25) is 5.02 Å². The Balaban J connectivity index is 1.92. The van der Waals surface area contributed by atoms with Gasteiger partial charge in [0.15, 0.2) is 0 Å². The van der Waals surface area contributed by atoms with E-state index in [2.05, 4.69) is 0 Å². The van der Waals surface area contributed by atoms with Crippen molar-refractivity contribution in [1.29, 1.82) is 5.41 Å². The van der Waals surface area contributed by atoms with Crippen LogP contribution in [0.3, 0.4) is 0 Å². The van der Waals surface area contributed by atoms with Crippen molar-refractivity contribution in [2.75, 3.05) is 18.1 Å². The number of hydrogen-bond donors (Lipinski definition) is 1. The molecule has 0 atom stereocenters. The molecule has 1 fully saturated rings. The van der Waals surface area contributed by atoms with Crippen molar-refractivity contribution in [2.24, 2.45) is 5.92 Å². The Morgan fingerprint density at radius 1 is 1.06 bits per heavy atom. The second kappa shape index (κ2) is 12.5. The number of benzene rings is 2. The molecule has 3 rings (SSSR count). The van der Waals surface area contributed by atoms with Crippen LogP contribution >= 0.6 is 11.6 Å². The number of carbonyl (C=O) groups is 2. The molecule has 0 unspecified atom stereocenters. The first-order chi connectivity index (χ1) is 16.0. The van der Waals surface area contributed by atoms with E-state index < -0.39 is 0 Å². The van der Waals surface area contributed by atoms with E-state index in [4.69, 9.17) is 21.7 Å². The number of esters is 1. The Hall–Kier alpha value is -2.66. The molecule has 33 heavy (non-hydrogen) atoms. The lowest BCUT2D eigenvalue weighted by atomic mass is 9.95. The topological polar surface area (TPSA) is 70.5 Å². The van der Waals surface area contributed by atoms with E-state index in [1.807, 2.05) is 30.3 Å². The molecule has 1 saturated carbocycles. The van der Waals surface area contributed by atoms with Gasteiger partial charge in [0.2, 0.25) is 5.91 Å². The van der Waals surface area contributed by atoms with E-state index >= 15 is 0 Å². The summed E-state index contributed by atoms with van der Waals surface area (Å²) in [6, 6.07) is 14.6. The van der Waals surface area contributed by atoms with E-state index in [1.54, 1.807) is 30.0 Å². The summed E-state index contributed by atoms with van der Waals surface area (Å²) < 4.78 is 5.10. The summed E-state index contributed by atoms with van der Waals surface area (Å²) >= 11 is 6.30. The standard InChI is InChI=1S/C27H33ClN2O3/c1-2-33-26(32)16-17-30(25(31)18-20-10-6-3-4-7-11-20)24-15-14-22(28)19-23(24)27(29)21-12-8-5-9-13-21/h5,8-9,12-15,19-20,29H,2-4,6-7,10-11,16-18H2,1H3. The van der Waals surface area contributed by atoms with E-state index in [1.165, 1.54) is 12.8 Å². The van der Waals surface area contributed by atoms with Crippen molar-refractivity contribution in [3.63, 3.8) is 0 Å². The SMILES string of the molecule is CCOC(=O)CCN(C(=O)CC1CCCCCC1)c1ccc(Cl)cc1C(=N)c1ccccc1. The fourth-order valence-electron chi connectivity index (χ4n) is 4.45. The zero-order valence-electron chi connectivity index (χ0n) is 19.3. The maximum Gasteiger partial charge on any atom is 0.307 e. The first-order valence-corrected chi connectivity index (χ1v) is 12.3. The second-order valence-corrected chi connectivity index (χ2v) is 9.00. The average Bonchev–Trinajstić information content (AvgIpc) is 3.09. The summed E-state index contributed by atoms with van der Waals surface area (Å²) in [5.41, 5.74) is 2.21. The third-order valence-corrected chi connectivity index (χ3v) is 6.40. The summed E-state index contributed by atoms with van der Waals surface area (Å²) in [6.07, 6.45) is 7.45. The number of nitrogens with zero attached hydrogens (tertiary/aromatic N) is 1. The van der Waals surface area contributed by atoms with Gasteiger partial charge in [0.1, 0.15) is 0 Å². The van der Waals surface area contributed by atoms with Gasteiger partial charge in [0, 0.05) is 29.1 Å². The van der Waals surface area contributed by atoms with Crippen LogP contribution in [0.5, 0.6) is 0 Å². The van der Waals surface area contributed by atoms with E-state index in [-0.39, 0.29) is 30.6 Å². The normalized spacial score (nSPS) is 14.4. The largest absolute Gasteiger partial charge is 0.466 e. The number of nitrogens with one attached hydrogen (secondary N) is 1. The third-order valence-electron chi connectivity index (χ3n) is 6.17. The molecular weight excluding hydrogens is 436 g/mol. The van der Waals surface area contributed by atoms with E-state index in [9.17, 15) is 9.59 Å². The average molecular weight is 469 g/mol. The van der Waals surface area contributed by atoms with Crippen molar-refractivity contribution in [1.82, 2.24) is 0 Å². The number of halogens is 1. The highest BCUT2D eigenvalue weighted by Crippen LogP contribution is 2.31.